The third-order valence-corrected chi connectivity index (χ3v) is 2.69. The molecule has 0 fully saturated rings. The van der Waals surface area contributed by atoms with Crippen molar-refractivity contribution >= 4 is 0 Å². The van der Waals surface area contributed by atoms with Crippen molar-refractivity contribution in [1.82, 2.24) is 15.2 Å². The second-order valence-corrected chi connectivity index (χ2v) is 4.08. The summed E-state index contributed by atoms with van der Waals surface area (Å²) >= 11 is 0. The zero-order valence-electron chi connectivity index (χ0n) is 10.2. The summed E-state index contributed by atoms with van der Waals surface area (Å²) in [6, 6.07) is 9.96. The SMILES string of the molecule is Cc1ccc(-c2nnc(-c3ccccc3F)o2)cn1. The molecule has 0 amide bonds. The van der Waals surface area contributed by atoms with Crippen molar-refractivity contribution < 1.29 is 8.81 Å². The normalized spacial score (nSPS) is 10.6. The third-order valence-electron chi connectivity index (χ3n) is 2.69. The summed E-state index contributed by atoms with van der Waals surface area (Å²) in [6.45, 7) is 1.89. The lowest BCUT2D eigenvalue weighted by molar-refractivity contribution is 0.570. The van der Waals surface area contributed by atoms with Gasteiger partial charge in [0.1, 0.15) is 5.82 Å². The lowest BCUT2D eigenvalue weighted by atomic mass is 10.2. The average molecular weight is 255 g/mol. The molecule has 0 N–H and O–H groups in total. The highest BCUT2D eigenvalue weighted by molar-refractivity contribution is 5.57. The Kier molecular flexibility index (Phi) is 2.79. The number of benzene rings is 1. The molecule has 3 rings (SSSR count). The van der Waals surface area contributed by atoms with Gasteiger partial charge in [-0.25, -0.2) is 4.39 Å². The van der Waals surface area contributed by atoms with E-state index in [1.807, 2.05) is 19.1 Å². The van der Waals surface area contributed by atoms with Gasteiger partial charge in [0.05, 0.1) is 11.1 Å². The van der Waals surface area contributed by atoms with Crippen molar-refractivity contribution in [2.45, 2.75) is 6.92 Å². The molecular weight excluding hydrogens is 245 g/mol. The van der Waals surface area contributed by atoms with E-state index in [1.54, 1.807) is 24.4 Å². The van der Waals surface area contributed by atoms with Gasteiger partial charge in [-0.2, -0.15) is 0 Å². The van der Waals surface area contributed by atoms with Gasteiger partial charge in [0.15, 0.2) is 0 Å². The summed E-state index contributed by atoms with van der Waals surface area (Å²) in [4.78, 5) is 4.15. The highest BCUT2D eigenvalue weighted by atomic mass is 19.1. The van der Waals surface area contributed by atoms with E-state index in [-0.39, 0.29) is 11.7 Å². The average Bonchev–Trinajstić information content (AvgIpc) is 2.89. The first-order valence-electron chi connectivity index (χ1n) is 5.75. The molecular formula is C14H10FN3O. The highest BCUT2D eigenvalue weighted by Gasteiger charge is 2.13. The number of pyridine rings is 1. The topological polar surface area (TPSA) is 51.8 Å². The number of halogens is 1. The maximum atomic E-state index is 13.6. The van der Waals surface area contributed by atoms with E-state index in [4.69, 9.17) is 4.42 Å². The summed E-state index contributed by atoms with van der Waals surface area (Å²) < 4.78 is 19.1. The van der Waals surface area contributed by atoms with E-state index in [0.717, 1.165) is 5.69 Å². The Labute approximate surface area is 108 Å². The van der Waals surface area contributed by atoms with Crippen molar-refractivity contribution in [3.05, 3.63) is 54.1 Å². The third kappa shape index (κ3) is 2.22. The van der Waals surface area contributed by atoms with Gasteiger partial charge in [-0.05, 0) is 31.2 Å². The van der Waals surface area contributed by atoms with Gasteiger partial charge in [-0.15, -0.1) is 10.2 Å². The fraction of sp³-hybridized carbons (Fsp3) is 0.0714. The van der Waals surface area contributed by atoms with E-state index >= 15 is 0 Å². The molecule has 0 aliphatic rings. The quantitative estimate of drug-likeness (QED) is 0.705. The van der Waals surface area contributed by atoms with Crippen molar-refractivity contribution in [3.63, 3.8) is 0 Å². The molecule has 0 saturated heterocycles. The van der Waals surface area contributed by atoms with Crippen LogP contribution >= 0.6 is 0 Å². The van der Waals surface area contributed by atoms with Crippen LogP contribution in [0.3, 0.4) is 0 Å². The van der Waals surface area contributed by atoms with Crippen molar-refractivity contribution in [1.29, 1.82) is 0 Å². The van der Waals surface area contributed by atoms with Crippen LogP contribution in [0.25, 0.3) is 22.9 Å². The first kappa shape index (κ1) is 11.5. The van der Waals surface area contributed by atoms with Crippen molar-refractivity contribution in [3.8, 4) is 22.9 Å². The second kappa shape index (κ2) is 4.61. The molecule has 5 heteroatoms. The molecule has 2 aromatic heterocycles. The van der Waals surface area contributed by atoms with E-state index in [1.165, 1.54) is 6.07 Å². The molecule has 0 spiro atoms. The van der Waals surface area contributed by atoms with Gasteiger partial charge < -0.3 is 4.42 Å². The number of aromatic nitrogens is 3. The highest BCUT2D eigenvalue weighted by Crippen LogP contribution is 2.25. The first-order chi connectivity index (χ1) is 9.24. The zero-order valence-corrected chi connectivity index (χ0v) is 10.2. The Balaban J connectivity index is 2.00. The maximum Gasteiger partial charge on any atom is 0.251 e. The number of rotatable bonds is 2. The number of nitrogens with zero attached hydrogens (tertiary/aromatic N) is 3. The van der Waals surface area contributed by atoms with Gasteiger partial charge in [-0.3, -0.25) is 4.98 Å². The summed E-state index contributed by atoms with van der Waals surface area (Å²) in [6.07, 6.45) is 1.65. The van der Waals surface area contributed by atoms with Crippen molar-refractivity contribution in [2.75, 3.05) is 0 Å². The smallest absolute Gasteiger partial charge is 0.251 e. The fourth-order valence-electron chi connectivity index (χ4n) is 1.68. The summed E-state index contributed by atoms with van der Waals surface area (Å²) in [7, 11) is 0. The number of hydrogen-bond acceptors (Lipinski definition) is 4. The van der Waals surface area contributed by atoms with Crippen LogP contribution in [0.2, 0.25) is 0 Å². The molecule has 0 atom stereocenters. The molecule has 0 unspecified atom stereocenters. The molecule has 4 nitrogen and oxygen atoms in total. The molecule has 1 aromatic carbocycles. The van der Waals surface area contributed by atoms with Gasteiger partial charge >= 0.3 is 0 Å². The summed E-state index contributed by atoms with van der Waals surface area (Å²) in [5.41, 5.74) is 1.90. The van der Waals surface area contributed by atoms with E-state index in [0.29, 0.717) is 17.0 Å². The van der Waals surface area contributed by atoms with Crippen LogP contribution in [-0.2, 0) is 0 Å². The Morgan fingerprint density at radius 1 is 1.00 bits per heavy atom. The Bertz CT molecular complexity index is 707. The van der Waals surface area contributed by atoms with Gasteiger partial charge in [-0.1, -0.05) is 12.1 Å². The second-order valence-electron chi connectivity index (χ2n) is 4.08. The summed E-state index contributed by atoms with van der Waals surface area (Å²) in [5, 5.41) is 7.77. The standard InChI is InChI=1S/C14H10FN3O/c1-9-6-7-10(8-16-9)13-17-18-14(19-13)11-4-2-3-5-12(11)15/h2-8H,1H3. The number of aryl methyl sites for hydroxylation is 1. The van der Waals surface area contributed by atoms with Crippen LogP contribution in [0.4, 0.5) is 4.39 Å². The van der Waals surface area contributed by atoms with Gasteiger partial charge in [0, 0.05) is 11.9 Å². The van der Waals surface area contributed by atoms with E-state index in [2.05, 4.69) is 15.2 Å². The molecule has 2 heterocycles. The monoisotopic (exact) mass is 255 g/mol. The van der Waals surface area contributed by atoms with Crippen molar-refractivity contribution in [2.24, 2.45) is 0 Å². The van der Waals surface area contributed by atoms with Crippen LogP contribution in [0.5, 0.6) is 0 Å². The van der Waals surface area contributed by atoms with E-state index < -0.39 is 0 Å². The minimum absolute atomic E-state index is 0.161. The van der Waals surface area contributed by atoms with Crippen LogP contribution in [0, 0.1) is 12.7 Å². The molecule has 19 heavy (non-hydrogen) atoms. The predicted octanol–water partition coefficient (Wildman–Crippen LogP) is 3.25. The molecule has 0 aliphatic carbocycles. The minimum atomic E-state index is -0.389. The van der Waals surface area contributed by atoms with E-state index in [9.17, 15) is 4.39 Å². The van der Waals surface area contributed by atoms with Crippen LogP contribution in [0.15, 0.2) is 47.0 Å². The molecule has 94 valence electrons. The first-order valence-corrected chi connectivity index (χ1v) is 5.75. The zero-order chi connectivity index (χ0) is 13.2. The molecule has 0 saturated carbocycles. The molecule has 0 radical (unpaired) electrons. The van der Waals surface area contributed by atoms with Crippen LogP contribution in [-0.4, -0.2) is 15.2 Å². The minimum Gasteiger partial charge on any atom is -0.416 e. The van der Waals surface area contributed by atoms with Gasteiger partial charge in [0.2, 0.25) is 5.89 Å². The van der Waals surface area contributed by atoms with Crippen LogP contribution in [0.1, 0.15) is 5.69 Å². The fourth-order valence-corrected chi connectivity index (χ4v) is 1.68. The predicted molar refractivity (Wildman–Crippen MR) is 67.7 cm³/mol. The molecule has 3 aromatic rings. The Hall–Kier alpha value is -2.56. The molecule has 0 bridgehead atoms. The summed E-state index contributed by atoms with van der Waals surface area (Å²) in [5.74, 6) is 0.0964. The Morgan fingerprint density at radius 2 is 1.79 bits per heavy atom. The van der Waals surface area contributed by atoms with Gasteiger partial charge in [0.25, 0.3) is 5.89 Å². The Morgan fingerprint density at radius 3 is 2.53 bits per heavy atom. The van der Waals surface area contributed by atoms with Crippen LogP contribution < -0.4 is 0 Å². The number of hydrogen-bond donors (Lipinski definition) is 0. The lowest BCUT2D eigenvalue weighted by Crippen LogP contribution is -1.82. The molecule has 0 aliphatic heterocycles. The largest absolute Gasteiger partial charge is 0.416 e. The lowest BCUT2D eigenvalue weighted by Gasteiger charge is -1.96. The maximum absolute atomic E-state index is 13.6.